The van der Waals surface area contributed by atoms with Crippen LogP contribution in [0.1, 0.15) is 18.9 Å². The summed E-state index contributed by atoms with van der Waals surface area (Å²) < 4.78 is 0. The van der Waals surface area contributed by atoms with E-state index in [0.29, 0.717) is 11.4 Å². The number of nitrogens with zero attached hydrogens (tertiary/aromatic N) is 2. The lowest BCUT2D eigenvalue weighted by Crippen LogP contribution is -2.32. The van der Waals surface area contributed by atoms with E-state index in [1.165, 1.54) is 6.92 Å². The maximum Gasteiger partial charge on any atom is 0.252 e. The molecule has 2 aromatic rings. The lowest BCUT2D eigenvalue weighted by molar-refractivity contribution is -0.123. The fraction of sp³-hybridized carbons (Fsp3) is 0.190. The smallest absolute Gasteiger partial charge is 0.252 e. The molecule has 1 aliphatic heterocycles. The standard InChI is InChI=1S/C21H23N7O3/c1-12-3-5-16(6-4-12)25-20(22)28-21-26-17(19(31)27-21)11-18(30)24-15-9-7-14(8-10-15)23-13(2)29/h3-10,17H,11H2,1-2H3,(H,23,29)(H,24,30)(H4,22,25,26,27,28,31)/t17-/m1/s1. The van der Waals surface area contributed by atoms with Crippen molar-refractivity contribution in [3.8, 4) is 0 Å². The van der Waals surface area contributed by atoms with Crippen LogP contribution in [0, 0.1) is 6.92 Å². The van der Waals surface area contributed by atoms with Crippen LogP contribution in [0.2, 0.25) is 0 Å². The van der Waals surface area contributed by atoms with Crippen LogP contribution in [0.4, 0.5) is 17.1 Å². The highest BCUT2D eigenvalue weighted by Crippen LogP contribution is 2.15. The van der Waals surface area contributed by atoms with E-state index in [-0.39, 0.29) is 30.2 Å². The first kappa shape index (κ1) is 21.5. The lowest BCUT2D eigenvalue weighted by atomic mass is 10.2. The van der Waals surface area contributed by atoms with Crippen molar-refractivity contribution in [1.82, 2.24) is 5.32 Å². The molecule has 1 heterocycles. The zero-order chi connectivity index (χ0) is 22.4. The van der Waals surface area contributed by atoms with Crippen LogP contribution in [0.5, 0.6) is 0 Å². The number of anilines is 3. The number of aryl methyl sites for hydroxylation is 1. The van der Waals surface area contributed by atoms with Gasteiger partial charge < -0.3 is 21.7 Å². The van der Waals surface area contributed by atoms with Gasteiger partial charge in [0.2, 0.25) is 23.7 Å². The van der Waals surface area contributed by atoms with Crippen molar-refractivity contribution < 1.29 is 14.4 Å². The fourth-order valence-corrected chi connectivity index (χ4v) is 2.78. The number of nitrogens with one attached hydrogen (secondary N) is 4. The van der Waals surface area contributed by atoms with Gasteiger partial charge in [0.25, 0.3) is 5.91 Å². The molecule has 0 aliphatic carbocycles. The number of amides is 3. The van der Waals surface area contributed by atoms with Crippen LogP contribution in [0.3, 0.4) is 0 Å². The summed E-state index contributed by atoms with van der Waals surface area (Å²) in [6, 6.07) is 13.3. The molecular formula is C21H23N7O3. The summed E-state index contributed by atoms with van der Waals surface area (Å²) in [5, 5.41) is 10.7. The Balaban J connectivity index is 1.56. The topological polar surface area (TPSA) is 150 Å². The van der Waals surface area contributed by atoms with Crippen LogP contribution >= 0.6 is 0 Å². The van der Waals surface area contributed by atoms with Crippen molar-refractivity contribution in [2.75, 3.05) is 16.0 Å². The van der Waals surface area contributed by atoms with Gasteiger partial charge in [-0.15, -0.1) is 0 Å². The van der Waals surface area contributed by atoms with E-state index < -0.39 is 11.9 Å². The molecule has 1 atom stereocenters. The first-order valence-electron chi connectivity index (χ1n) is 9.52. The Kier molecular flexibility index (Phi) is 6.61. The van der Waals surface area contributed by atoms with Gasteiger partial charge in [-0.1, -0.05) is 17.7 Å². The minimum Gasteiger partial charge on any atom is -0.369 e. The van der Waals surface area contributed by atoms with E-state index in [4.69, 9.17) is 5.73 Å². The van der Waals surface area contributed by atoms with Crippen LogP contribution in [-0.2, 0) is 14.4 Å². The molecule has 3 amide bonds. The highest BCUT2D eigenvalue weighted by Gasteiger charge is 2.28. The van der Waals surface area contributed by atoms with E-state index >= 15 is 0 Å². The zero-order valence-corrected chi connectivity index (χ0v) is 17.1. The summed E-state index contributed by atoms with van der Waals surface area (Å²) >= 11 is 0. The van der Waals surface area contributed by atoms with Crippen LogP contribution < -0.4 is 27.0 Å². The first-order valence-corrected chi connectivity index (χ1v) is 9.52. The molecule has 31 heavy (non-hydrogen) atoms. The molecule has 0 saturated carbocycles. The van der Waals surface area contributed by atoms with Crippen LogP contribution in [0.25, 0.3) is 0 Å². The summed E-state index contributed by atoms with van der Waals surface area (Å²) in [7, 11) is 0. The van der Waals surface area contributed by atoms with Crippen molar-refractivity contribution in [1.29, 1.82) is 0 Å². The second-order valence-corrected chi connectivity index (χ2v) is 6.96. The molecule has 0 unspecified atom stereocenters. The maximum atomic E-state index is 12.3. The second kappa shape index (κ2) is 9.53. The van der Waals surface area contributed by atoms with Gasteiger partial charge in [-0.25, -0.2) is 4.99 Å². The van der Waals surface area contributed by atoms with Crippen molar-refractivity contribution in [3.63, 3.8) is 0 Å². The van der Waals surface area contributed by atoms with Crippen molar-refractivity contribution in [2.45, 2.75) is 26.3 Å². The van der Waals surface area contributed by atoms with E-state index in [1.54, 1.807) is 24.3 Å². The largest absolute Gasteiger partial charge is 0.369 e. The van der Waals surface area contributed by atoms with Gasteiger partial charge in [0.05, 0.1) is 6.42 Å². The predicted octanol–water partition coefficient (Wildman–Crippen LogP) is 1.56. The van der Waals surface area contributed by atoms with Gasteiger partial charge in [0, 0.05) is 24.0 Å². The van der Waals surface area contributed by atoms with E-state index in [2.05, 4.69) is 31.3 Å². The number of hydrogen-bond donors (Lipinski definition) is 5. The fourth-order valence-electron chi connectivity index (χ4n) is 2.78. The molecular weight excluding hydrogens is 398 g/mol. The van der Waals surface area contributed by atoms with Crippen molar-refractivity contribution in [2.24, 2.45) is 15.7 Å². The molecule has 10 nitrogen and oxygen atoms in total. The number of guanidine groups is 2. The summed E-state index contributed by atoms with van der Waals surface area (Å²) in [5.74, 6) is -0.896. The molecule has 0 spiro atoms. The minimum absolute atomic E-state index is 0.0413. The maximum absolute atomic E-state index is 12.3. The third kappa shape index (κ3) is 6.39. The molecule has 10 heteroatoms. The summed E-state index contributed by atoms with van der Waals surface area (Å²) in [5.41, 5.74) is 8.87. The lowest BCUT2D eigenvalue weighted by Gasteiger charge is -2.08. The Morgan fingerprint density at radius 2 is 1.55 bits per heavy atom. The minimum atomic E-state index is -0.899. The number of nitrogens with two attached hydrogens (primary N) is 1. The van der Waals surface area contributed by atoms with E-state index in [0.717, 1.165) is 11.3 Å². The molecule has 0 fully saturated rings. The van der Waals surface area contributed by atoms with Gasteiger partial charge in [-0.2, -0.15) is 4.99 Å². The number of carbonyl (C=O) groups excluding carboxylic acids is 3. The molecule has 6 N–H and O–H groups in total. The van der Waals surface area contributed by atoms with Gasteiger partial charge in [0.1, 0.15) is 6.04 Å². The predicted molar refractivity (Wildman–Crippen MR) is 120 cm³/mol. The number of carbonyl (C=O) groups is 3. The van der Waals surface area contributed by atoms with Gasteiger partial charge in [0.15, 0.2) is 0 Å². The van der Waals surface area contributed by atoms with Gasteiger partial charge >= 0.3 is 0 Å². The summed E-state index contributed by atoms with van der Waals surface area (Å²) in [6.45, 7) is 3.38. The summed E-state index contributed by atoms with van der Waals surface area (Å²) in [6.07, 6.45) is -0.149. The molecule has 160 valence electrons. The van der Waals surface area contributed by atoms with Crippen molar-refractivity contribution >= 4 is 46.7 Å². The summed E-state index contributed by atoms with van der Waals surface area (Å²) in [4.78, 5) is 43.6. The third-order valence-corrected chi connectivity index (χ3v) is 4.23. The average Bonchev–Trinajstić information content (AvgIpc) is 3.03. The quantitative estimate of drug-likeness (QED) is 0.367. The Labute approximate surface area is 179 Å². The monoisotopic (exact) mass is 421 g/mol. The molecule has 1 aliphatic rings. The van der Waals surface area contributed by atoms with Crippen molar-refractivity contribution in [3.05, 3.63) is 54.1 Å². The number of benzene rings is 2. The highest BCUT2D eigenvalue weighted by atomic mass is 16.2. The first-order chi connectivity index (χ1) is 14.8. The van der Waals surface area contributed by atoms with Crippen LogP contribution in [-0.4, -0.2) is 35.7 Å². The van der Waals surface area contributed by atoms with Gasteiger partial charge in [-0.3, -0.25) is 19.7 Å². The van der Waals surface area contributed by atoms with E-state index in [9.17, 15) is 14.4 Å². The Bertz CT molecular complexity index is 1040. The normalized spacial score (nSPS) is 15.7. The third-order valence-electron chi connectivity index (χ3n) is 4.23. The molecule has 0 saturated heterocycles. The Morgan fingerprint density at radius 3 is 2.16 bits per heavy atom. The van der Waals surface area contributed by atoms with E-state index in [1.807, 2.05) is 31.2 Å². The highest BCUT2D eigenvalue weighted by molar-refractivity contribution is 6.11. The SMILES string of the molecule is CC(=O)Nc1ccc(NC(=O)C[C@H]2N=C(N=C(N)Nc3ccc(C)cc3)NC2=O)cc1. The molecule has 0 bridgehead atoms. The Morgan fingerprint density at radius 1 is 1.00 bits per heavy atom. The van der Waals surface area contributed by atoms with Crippen LogP contribution in [0.15, 0.2) is 58.5 Å². The average molecular weight is 421 g/mol. The number of aliphatic imine (C=N–C) groups is 2. The molecule has 0 aromatic heterocycles. The Hall–Kier alpha value is -4.21. The molecule has 2 aromatic carbocycles. The molecule has 0 radical (unpaired) electrons. The zero-order valence-electron chi connectivity index (χ0n) is 17.1. The molecule has 3 rings (SSSR count). The van der Waals surface area contributed by atoms with Gasteiger partial charge in [-0.05, 0) is 43.3 Å². The number of hydrogen-bond acceptors (Lipinski definition) is 5. The number of rotatable bonds is 5. The second-order valence-electron chi connectivity index (χ2n) is 6.96.